The van der Waals surface area contributed by atoms with E-state index in [9.17, 15) is 14.0 Å². The van der Waals surface area contributed by atoms with Crippen LogP contribution >= 0.6 is 0 Å². The molecule has 2 aliphatic rings. The molecule has 0 saturated carbocycles. The first-order valence-corrected chi connectivity index (χ1v) is 9.69. The lowest BCUT2D eigenvalue weighted by Crippen LogP contribution is -2.42. The number of likely N-dealkylation sites (tertiary alicyclic amines) is 1. The number of carbonyl (C=O) groups excluding carboxylic acids is 2. The normalized spacial score (nSPS) is 22.2. The molecule has 1 saturated heterocycles. The highest BCUT2D eigenvalue weighted by atomic mass is 19.1. The van der Waals surface area contributed by atoms with Crippen LogP contribution < -0.4 is 11.1 Å². The van der Waals surface area contributed by atoms with E-state index in [2.05, 4.69) is 10.3 Å². The van der Waals surface area contributed by atoms with E-state index in [0.717, 1.165) is 11.3 Å². The third kappa shape index (κ3) is 2.58. The van der Waals surface area contributed by atoms with E-state index in [1.807, 2.05) is 24.3 Å². The van der Waals surface area contributed by atoms with Crippen molar-refractivity contribution < 1.29 is 14.0 Å². The predicted octanol–water partition coefficient (Wildman–Crippen LogP) is 3.28. The average molecular weight is 402 g/mol. The van der Waals surface area contributed by atoms with Crippen LogP contribution in [0.2, 0.25) is 0 Å². The molecule has 1 fully saturated rings. The van der Waals surface area contributed by atoms with Crippen LogP contribution in [0.4, 0.5) is 15.9 Å². The van der Waals surface area contributed by atoms with E-state index in [1.54, 1.807) is 29.2 Å². The van der Waals surface area contributed by atoms with Crippen LogP contribution in [-0.4, -0.2) is 28.2 Å². The summed E-state index contributed by atoms with van der Waals surface area (Å²) in [6.07, 6.45) is 1.90. The zero-order chi connectivity index (χ0) is 20.9. The summed E-state index contributed by atoms with van der Waals surface area (Å²) in [5, 5.41) is 2.97. The molecule has 2 aliphatic heterocycles. The topological polar surface area (TPSA) is 88.3 Å². The molecule has 3 heterocycles. The minimum atomic E-state index is -0.939. The molecule has 2 atom stereocenters. The molecule has 0 unspecified atom stereocenters. The van der Waals surface area contributed by atoms with Gasteiger partial charge in [0.25, 0.3) is 5.91 Å². The highest BCUT2D eigenvalue weighted by molar-refractivity contribution is 6.08. The van der Waals surface area contributed by atoms with Crippen LogP contribution in [0.5, 0.6) is 0 Å². The standard InChI is InChI=1S/C23H19FN4O2/c24-16-8-5-14(6-9-16)20-23(17-3-1-2-4-18(17)27-22(23)30)11-12-28(20)21(29)15-7-10-19(25)26-13-15/h1-10,13,20H,11-12H2,(H2,25,26)(H,27,30)/t20-,23+/m0/s1. The quantitative estimate of drug-likeness (QED) is 0.689. The predicted molar refractivity (Wildman–Crippen MR) is 110 cm³/mol. The van der Waals surface area contributed by atoms with Gasteiger partial charge in [-0.25, -0.2) is 9.37 Å². The van der Waals surface area contributed by atoms with Crippen LogP contribution in [0.1, 0.15) is 33.9 Å². The average Bonchev–Trinajstić information content (AvgIpc) is 3.28. The fourth-order valence-electron chi connectivity index (χ4n) is 4.71. The summed E-state index contributed by atoms with van der Waals surface area (Å²) >= 11 is 0. The van der Waals surface area contributed by atoms with E-state index in [1.165, 1.54) is 18.3 Å². The van der Waals surface area contributed by atoms with Crippen molar-refractivity contribution in [3.8, 4) is 0 Å². The van der Waals surface area contributed by atoms with Crippen molar-refractivity contribution in [3.63, 3.8) is 0 Å². The van der Waals surface area contributed by atoms with Crippen LogP contribution in [0, 0.1) is 5.82 Å². The fourth-order valence-corrected chi connectivity index (χ4v) is 4.71. The molecule has 7 heteroatoms. The Kier molecular flexibility index (Phi) is 4.06. The molecule has 5 rings (SSSR count). The van der Waals surface area contributed by atoms with Crippen LogP contribution in [0.15, 0.2) is 66.9 Å². The fraction of sp³-hybridized carbons (Fsp3) is 0.174. The zero-order valence-corrected chi connectivity index (χ0v) is 16.0. The summed E-state index contributed by atoms with van der Waals surface area (Å²) in [5.74, 6) is -0.444. The second kappa shape index (κ2) is 6.66. The Morgan fingerprint density at radius 2 is 1.90 bits per heavy atom. The van der Waals surface area contributed by atoms with Gasteiger partial charge in [-0.05, 0) is 47.9 Å². The number of nitrogen functional groups attached to an aromatic ring is 1. The first kappa shape index (κ1) is 18.3. The van der Waals surface area contributed by atoms with Gasteiger partial charge in [-0.3, -0.25) is 9.59 Å². The molecule has 0 bridgehead atoms. The van der Waals surface area contributed by atoms with Crippen LogP contribution in [0.3, 0.4) is 0 Å². The van der Waals surface area contributed by atoms with Gasteiger partial charge in [-0.2, -0.15) is 0 Å². The summed E-state index contributed by atoms with van der Waals surface area (Å²) < 4.78 is 13.6. The molecular formula is C23H19FN4O2. The van der Waals surface area contributed by atoms with Gasteiger partial charge in [0.1, 0.15) is 17.1 Å². The van der Waals surface area contributed by atoms with Crippen molar-refractivity contribution in [2.45, 2.75) is 17.9 Å². The van der Waals surface area contributed by atoms with Crippen molar-refractivity contribution in [2.75, 3.05) is 17.6 Å². The Balaban J connectivity index is 1.66. The van der Waals surface area contributed by atoms with Crippen molar-refractivity contribution in [1.82, 2.24) is 9.88 Å². The molecule has 2 amide bonds. The lowest BCUT2D eigenvalue weighted by atomic mass is 9.72. The lowest BCUT2D eigenvalue weighted by molar-refractivity contribution is -0.121. The number of anilines is 2. The number of nitrogens with two attached hydrogens (primary N) is 1. The smallest absolute Gasteiger partial charge is 0.255 e. The molecule has 1 aromatic heterocycles. The van der Waals surface area contributed by atoms with Gasteiger partial charge >= 0.3 is 0 Å². The molecule has 0 radical (unpaired) electrons. The highest BCUT2D eigenvalue weighted by Gasteiger charge is 2.59. The number of para-hydroxylation sites is 1. The first-order valence-electron chi connectivity index (χ1n) is 9.69. The molecule has 2 aromatic carbocycles. The largest absolute Gasteiger partial charge is 0.384 e. The number of hydrogen-bond acceptors (Lipinski definition) is 4. The molecule has 3 N–H and O–H groups in total. The van der Waals surface area contributed by atoms with Crippen LogP contribution in [0.25, 0.3) is 0 Å². The lowest BCUT2D eigenvalue weighted by Gasteiger charge is -2.34. The Hall–Kier alpha value is -3.74. The molecule has 0 aliphatic carbocycles. The summed E-state index contributed by atoms with van der Waals surface area (Å²) in [4.78, 5) is 32.4. The number of carbonyl (C=O) groups is 2. The van der Waals surface area contributed by atoms with E-state index in [0.29, 0.717) is 29.9 Å². The number of fused-ring (bicyclic) bond motifs is 2. The van der Waals surface area contributed by atoms with Gasteiger partial charge in [-0.1, -0.05) is 30.3 Å². The van der Waals surface area contributed by atoms with Crippen LogP contribution in [-0.2, 0) is 10.2 Å². The zero-order valence-electron chi connectivity index (χ0n) is 16.0. The maximum Gasteiger partial charge on any atom is 0.255 e. The van der Waals surface area contributed by atoms with E-state index in [4.69, 9.17) is 5.73 Å². The minimum absolute atomic E-state index is 0.149. The molecule has 3 aromatic rings. The summed E-state index contributed by atoms with van der Waals surface area (Å²) in [5.41, 5.74) is 7.41. The second-order valence-electron chi connectivity index (χ2n) is 7.65. The summed E-state index contributed by atoms with van der Waals surface area (Å²) in [7, 11) is 0. The maximum atomic E-state index is 13.6. The maximum absolute atomic E-state index is 13.6. The van der Waals surface area contributed by atoms with E-state index in [-0.39, 0.29) is 17.6 Å². The number of amides is 2. The van der Waals surface area contributed by atoms with Crippen molar-refractivity contribution in [1.29, 1.82) is 0 Å². The minimum Gasteiger partial charge on any atom is -0.384 e. The number of pyridine rings is 1. The Labute approximate surface area is 172 Å². The van der Waals surface area contributed by atoms with E-state index >= 15 is 0 Å². The van der Waals surface area contributed by atoms with Crippen molar-refractivity contribution in [2.24, 2.45) is 0 Å². The first-order chi connectivity index (χ1) is 14.5. The van der Waals surface area contributed by atoms with Gasteiger partial charge in [0.05, 0.1) is 11.6 Å². The van der Waals surface area contributed by atoms with Crippen molar-refractivity contribution in [3.05, 3.63) is 89.4 Å². The highest BCUT2D eigenvalue weighted by Crippen LogP contribution is 2.54. The molecular weight excluding hydrogens is 383 g/mol. The monoisotopic (exact) mass is 402 g/mol. The number of rotatable bonds is 2. The number of halogens is 1. The van der Waals surface area contributed by atoms with Gasteiger partial charge < -0.3 is 16.0 Å². The Morgan fingerprint density at radius 1 is 1.13 bits per heavy atom. The number of hydrogen-bond donors (Lipinski definition) is 2. The third-order valence-corrected chi connectivity index (χ3v) is 6.07. The Morgan fingerprint density at radius 3 is 2.63 bits per heavy atom. The molecule has 30 heavy (non-hydrogen) atoms. The number of nitrogens with one attached hydrogen (secondary N) is 1. The second-order valence-corrected chi connectivity index (χ2v) is 7.65. The SMILES string of the molecule is Nc1ccc(C(=O)N2CC[C@]3(C(=O)Nc4ccccc43)[C@@H]2c2ccc(F)cc2)cn1. The van der Waals surface area contributed by atoms with Gasteiger partial charge in [0.15, 0.2) is 0 Å². The van der Waals surface area contributed by atoms with Crippen molar-refractivity contribution >= 4 is 23.3 Å². The number of nitrogens with zero attached hydrogens (tertiary/aromatic N) is 2. The van der Waals surface area contributed by atoms with Gasteiger partial charge in [-0.15, -0.1) is 0 Å². The third-order valence-electron chi connectivity index (χ3n) is 6.07. The summed E-state index contributed by atoms with van der Waals surface area (Å²) in [6.45, 7) is 0.382. The van der Waals surface area contributed by atoms with Gasteiger partial charge in [0.2, 0.25) is 5.91 Å². The number of aromatic nitrogens is 1. The Bertz CT molecular complexity index is 1150. The molecule has 1 spiro atoms. The molecule has 150 valence electrons. The molecule has 6 nitrogen and oxygen atoms in total. The van der Waals surface area contributed by atoms with Gasteiger partial charge in [0, 0.05) is 18.4 Å². The number of benzene rings is 2. The summed E-state index contributed by atoms with van der Waals surface area (Å²) in [6, 6.07) is 16.1. The van der Waals surface area contributed by atoms with E-state index < -0.39 is 11.5 Å².